The molecule has 0 unspecified atom stereocenters. The van der Waals surface area contributed by atoms with Gasteiger partial charge < -0.3 is 18.9 Å². The van der Waals surface area contributed by atoms with Crippen LogP contribution in [-0.4, -0.2) is 19.8 Å². The Balaban J connectivity index is 1.21. The third-order valence-corrected chi connectivity index (χ3v) is 12.3. The molecule has 1 aliphatic rings. The normalized spacial score (nSPS) is 12.9. The van der Waals surface area contributed by atoms with Crippen LogP contribution in [0.25, 0.3) is 39.1 Å². The second-order valence-electron chi connectivity index (χ2n) is 16.9. The summed E-state index contributed by atoms with van der Waals surface area (Å²) in [7, 11) is 0. The van der Waals surface area contributed by atoms with Gasteiger partial charge in [-0.15, -0.1) is 0 Å². The van der Waals surface area contributed by atoms with Crippen LogP contribution >= 0.6 is 0 Å². The predicted molar refractivity (Wildman–Crippen MR) is 257 cm³/mol. The summed E-state index contributed by atoms with van der Waals surface area (Å²) < 4.78 is 25.8. The molecule has 0 saturated carbocycles. The Bertz CT molecular complexity index is 2260. The van der Waals surface area contributed by atoms with Gasteiger partial charge in [0.25, 0.3) is 0 Å². The number of ether oxygens (including phenoxy) is 4. The highest BCUT2D eigenvalue weighted by atomic mass is 16.5. The Morgan fingerprint density at radius 3 is 1.31 bits per heavy atom. The maximum Gasteiger partial charge on any atom is 0.178 e. The molecule has 0 fully saturated rings. The van der Waals surface area contributed by atoms with E-state index in [-0.39, 0.29) is 0 Å². The van der Waals surface area contributed by atoms with Crippen molar-refractivity contribution in [3.05, 3.63) is 149 Å². The van der Waals surface area contributed by atoms with Gasteiger partial charge in [0.15, 0.2) is 5.60 Å². The monoisotopic (exact) mass is 814 g/mol. The molecule has 0 spiro atoms. The van der Waals surface area contributed by atoms with Gasteiger partial charge in [0, 0.05) is 16.7 Å². The lowest BCUT2D eigenvalue weighted by molar-refractivity contribution is 0.161. The van der Waals surface area contributed by atoms with Crippen LogP contribution in [0.3, 0.4) is 0 Å². The van der Waals surface area contributed by atoms with Crippen LogP contribution in [0, 0.1) is 13.8 Å². The molecule has 1 aliphatic heterocycles. The molecule has 7 rings (SSSR count). The number of aryl methyl sites for hydroxylation is 2. The van der Waals surface area contributed by atoms with E-state index in [1.165, 1.54) is 90.8 Å². The molecule has 6 aromatic carbocycles. The molecule has 0 saturated heterocycles. The van der Waals surface area contributed by atoms with Gasteiger partial charge in [-0.2, -0.15) is 0 Å². The van der Waals surface area contributed by atoms with Crippen molar-refractivity contribution in [3.8, 4) is 45.3 Å². The van der Waals surface area contributed by atoms with Crippen molar-refractivity contribution in [1.82, 2.24) is 0 Å². The molecular formula is C57H66O4. The zero-order chi connectivity index (χ0) is 42.4. The van der Waals surface area contributed by atoms with Crippen LogP contribution in [-0.2, 0) is 5.60 Å². The standard InChI is InChI=1S/C57H66O4/c1-6-9-12-15-36-58-49-28-22-45(23-29-49)44-18-20-46(21-19-44)53-41-56-52(54-39-42(4)43(5)40-55(53)54)34-35-57(61-56,47-24-30-50(31-25-47)59-37-16-13-10-7-2)48-26-32-51(33-27-48)60-38-17-14-11-8-3/h18-35,39-41H,6-17,36-38H2,1-5H3. The maximum absolute atomic E-state index is 7.43. The van der Waals surface area contributed by atoms with Crippen LogP contribution in [0.5, 0.6) is 23.0 Å². The summed E-state index contributed by atoms with van der Waals surface area (Å²) in [5.41, 5.74) is 9.49. The first kappa shape index (κ1) is 43.6. The van der Waals surface area contributed by atoms with Crippen LogP contribution in [0.2, 0.25) is 0 Å². The highest BCUT2D eigenvalue weighted by molar-refractivity contribution is 6.04. The summed E-state index contributed by atoms with van der Waals surface area (Å²) in [4.78, 5) is 0. The zero-order valence-electron chi connectivity index (χ0n) is 37.4. The van der Waals surface area contributed by atoms with Gasteiger partial charge in [-0.1, -0.05) is 151 Å². The van der Waals surface area contributed by atoms with Crippen molar-refractivity contribution in [1.29, 1.82) is 0 Å². The predicted octanol–water partition coefficient (Wildman–Crippen LogP) is 16.0. The fourth-order valence-electron chi connectivity index (χ4n) is 8.40. The number of unbranched alkanes of at least 4 members (excludes halogenated alkanes) is 9. The molecular weight excluding hydrogens is 749 g/mol. The number of rotatable bonds is 22. The van der Waals surface area contributed by atoms with Crippen LogP contribution < -0.4 is 18.9 Å². The molecule has 0 aliphatic carbocycles. The van der Waals surface area contributed by atoms with Crippen molar-refractivity contribution < 1.29 is 18.9 Å². The Hall–Kier alpha value is -5.48. The van der Waals surface area contributed by atoms with Gasteiger partial charge in [-0.25, -0.2) is 0 Å². The third kappa shape index (κ3) is 10.7. The molecule has 61 heavy (non-hydrogen) atoms. The fraction of sp³-hybridized carbons (Fsp3) is 0.368. The van der Waals surface area contributed by atoms with E-state index in [2.05, 4.69) is 162 Å². The second kappa shape index (κ2) is 21.4. The quantitative estimate of drug-likeness (QED) is 0.0640. The molecule has 4 nitrogen and oxygen atoms in total. The fourth-order valence-corrected chi connectivity index (χ4v) is 8.40. The average Bonchev–Trinajstić information content (AvgIpc) is 3.29. The molecule has 0 aromatic heterocycles. The Labute approximate surface area is 365 Å². The first-order valence-corrected chi connectivity index (χ1v) is 23.2. The van der Waals surface area contributed by atoms with Crippen molar-refractivity contribution >= 4 is 16.8 Å². The van der Waals surface area contributed by atoms with Crippen molar-refractivity contribution in [3.63, 3.8) is 0 Å². The van der Waals surface area contributed by atoms with E-state index in [9.17, 15) is 0 Å². The van der Waals surface area contributed by atoms with Crippen molar-refractivity contribution in [2.24, 2.45) is 0 Å². The van der Waals surface area contributed by atoms with Crippen molar-refractivity contribution in [2.75, 3.05) is 19.8 Å². The van der Waals surface area contributed by atoms with Gasteiger partial charge in [-0.05, 0) is 132 Å². The summed E-state index contributed by atoms with van der Waals surface area (Å²) in [5, 5.41) is 2.41. The molecule has 0 atom stereocenters. The van der Waals surface area contributed by atoms with Crippen LogP contribution in [0.4, 0.5) is 0 Å². The Morgan fingerprint density at radius 2 is 0.852 bits per heavy atom. The highest BCUT2D eigenvalue weighted by Gasteiger charge is 2.38. The van der Waals surface area contributed by atoms with E-state index in [1.54, 1.807) is 0 Å². The molecule has 0 radical (unpaired) electrons. The van der Waals surface area contributed by atoms with Crippen molar-refractivity contribution in [2.45, 2.75) is 117 Å². The first-order chi connectivity index (χ1) is 29.9. The first-order valence-electron chi connectivity index (χ1n) is 23.2. The van der Waals surface area contributed by atoms with E-state index < -0.39 is 5.60 Å². The summed E-state index contributed by atoms with van der Waals surface area (Å²) >= 11 is 0. The van der Waals surface area contributed by atoms with E-state index in [0.717, 1.165) is 89.9 Å². The smallest absolute Gasteiger partial charge is 0.178 e. The van der Waals surface area contributed by atoms with Gasteiger partial charge in [0.1, 0.15) is 23.0 Å². The molecule has 1 heterocycles. The van der Waals surface area contributed by atoms with Crippen LogP contribution in [0.1, 0.15) is 126 Å². The Kier molecular flexibility index (Phi) is 15.3. The lowest BCUT2D eigenvalue weighted by Gasteiger charge is -2.37. The van der Waals surface area contributed by atoms with Gasteiger partial charge in [0.05, 0.1) is 19.8 Å². The molecule has 318 valence electrons. The average molecular weight is 815 g/mol. The van der Waals surface area contributed by atoms with E-state index in [0.29, 0.717) is 0 Å². The van der Waals surface area contributed by atoms with Gasteiger partial charge in [-0.3, -0.25) is 0 Å². The number of fused-ring (bicyclic) bond motifs is 3. The number of hydrogen-bond acceptors (Lipinski definition) is 4. The largest absolute Gasteiger partial charge is 0.494 e. The lowest BCUT2D eigenvalue weighted by atomic mass is 9.82. The minimum Gasteiger partial charge on any atom is -0.494 e. The molecule has 4 heteroatoms. The highest BCUT2D eigenvalue weighted by Crippen LogP contribution is 2.48. The molecule has 0 amide bonds. The summed E-state index contributed by atoms with van der Waals surface area (Å²) in [5.74, 6) is 3.55. The minimum atomic E-state index is -0.869. The molecule has 0 bridgehead atoms. The molecule has 6 aromatic rings. The summed E-state index contributed by atoms with van der Waals surface area (Å²) in [6.45, 7) is 13.3. The zero-order valence-corrected chi connectivity index (χ0v) is 37.4. The summed E-state index contributed by atoms with van der Waals surface area (Å²) in [6, 6.07) is 41.4. The van der Waals surface area contributed by atoms with E-state index in [1.807, 2.05) is 0 Å². The van der Waals surface area contributed by atoms with E-state index >= 15 is 0 Å². The lowest BCUT2D eigenvalue weighted by Crippen LogP contribution is -2.34. The number of benzene rings is 6. The number of hydrogen-bond donors (Lipinski definition) is 0. The van der Waals surface area contributed by atoms with Gasteiger partial charge in [0.2, 0.25) is 0 Å². The summed E-state index contributed by atoms with van der Waals surface area (Å²) in [6.07, 6.45) is 18.7. The van der Waals surface area contributed by atoms with E-state index in [4.69, 9.17) is 18.9 Å². The van der Waals surface area contributed by atoms with Crippen LogP contribution in [0.15, 0.2) is 121 Å². The minimum absolute atomic E-state index is 0.727. The maximum atomic E-state index is 7.43. The molecule has 0 N–H and O–H groups in total. The Morgan fingerprint density at radius 1 is 0.443 bits per heavy atom. The second-order valence-corrected chi connectivity index (χ2v) is 16.9. The third-order valence-electron chi connectivity index (χ3n) is 12.3. The van der Waals surface area contributed by atoms with Gasteiger partial charge >= 0.3 is 0 Å². The topological polar surface area (TPSA) is 36.9 Å². The SMILES string of the molecule is CCCCCCOc1ccc(-c2ccc(-c3cc4c(c5cc(C)c(C)cc35)C=CC(c3ccc(OCCCCCC)cc3)(c3ccc(OCCCCCC)cc3)O4)cc2)cc1.